The van der Waals surface area contributed by atoms with Crippen molar-refractivity contribution in [2.24, 2.45) is 5.73 Å². The predicted octanol–water partition coefficient (Wildman–Crippen LogP) is 0.467. The van der Waals surface area contributed by atoms with Crippen molar-refractivity contribution in [2.75, 3.05) is 13.6 Å². The molecule has 2 fully saturated rings. The van der Waals surface area contributed by atoms with Gasteiger partial charge in [0.15, 0.2) is 0 Å². The minimum Gasteiger partial charge on any atom is -0.352 e. The molecule has 0 bridgehead atoms. The van der Waals surface area contributed by atoms with Crippen LogP contribution in [0.15, 0.2) is 0 Å². The molecule has 0 aromatic heterocycles. The van der Waals surface area contributed by atoms with Crippen molar-refractivity contribution in [3.63, 3.8) is 0 Å². The monoisotopic (exact) mass is 225 g/mol. The second-order valence-corrected chi connectivity index (χ2v) is 5.33. The van der Waals surface area contributed by atoms with E-state index < -0.39 is 0 Å². The van der Waals surface area contributed by atoms with Crippen LogP contribution in [0.2, 0.25) is 0 Å². The molecule has 0 unspecified atom stereocenters. The zero-order valence-corrected chi connectivity index (χ0v) is 10.1. The van der Waals surface area contributed by atoms with Crippen LogP contribution < -0.4 is 11.1 Å². The minimum absolute atomic E-state index is 0.180. The smallest absolute Gasteiger partial charge is 0.234 e. The molecule has 1 amide bonds. The van der Waals surface area contributed by atoms with Crippen LogP contribution in [0.25, 0.3) is 0 Å². The Labute approximate surface area is 97.6 Å². The first kappa shape index (κ1) is 11.9. The van der Waals surface area contributed by atoms with E-state index in [2.05, 4.69) is 10.2 Å². The highest BCUT2D eigenvalue weighted by molar-refractivity contribution is 5.78. The summed E-state index contributed by atoms with van der Waals surface area (Å²) in [5, 5.41) is 3.03. The lowest BCUT2D eigenvalue weighted by Crippen LogP contribution is -2.44. The van der Waals surface area contributed by atoms with Gasteiger partial charge < -0.3 is 11.1 Å². The van der Waals surface area contributed by atoms with Crippen LogP contribution in [0.5, 0.6) is 0 Å². The van der Waals surface area contributed by atoms with E-state index >= 15 is 0 Å². The number of hydrogen-bond donors (Lipinski definition) is 2. The zero-order valence-electron chi connectivity index (χ0n) is 10.1. The van der Waals surface area contributed by atoms with Crippen molar-refractivity contribution in [3.05, 3.63) is 0 Å². The molecule has 0 spiro atoms. The van der Waals surface area contributed by atoms with Crippen molar-refractivity contribution in [1.82, 2.24) is 10.2 Å². The van der Waals surface area contributed by atoms with Gasteiger partial charge in [0.05, 0.1) is 6.54 Å². The average molecular weight is 225 g/mol. The molecule has 4 nitrogen and oxygen atoms in total. The molecule has 0 saturated heterocycles. The number of carbonyl (C=O) groups is 1. The van der Waals surface area contributed by atoms with Crippen molar-refractivity contribution < 1.29 is 4.79 Å². The Morgan fingerprint density at radius 1 is 1.25 bits per heavy atom. The molecule has 3 N–H and O–H groups in total. The lowest BCUT2D eigenvalue weighted by Gasteiger charge is -2.33. The SMILES string of the molecule is CN(CC(=O)NC1CC1)C1CCC(N)CC1. The fourth-order valence-electron chi connectivity index (χ4n) is 2.40. The lowest BCUT2D eigenvalue weighted by molar-refractivity contribution is -0.122. The Kier molecular flexibility index (Phi) is 3.82. The van der Waals surface area contributed by atoms with Gasteiger partial charge in [-0.25, -0.2) is 0 Å². The van der Waals surface area contributed by atoms with Gasteiger partial charge in [0.2, 0.25) is 5.91 Å². The van der Waals surface area contributed by atoms with Crippen LogP contribution in [0.3, 0.4) is 0 Å². The highest BCUT2D eigenvalue weighted by Crippen LogP contribution is 2.21. The van der Waals surface area contributed by atoms with Crippen molar-refractivity contribution in [3.8, 4) is 0 Å². The molecule has 0 aromatic carbocycles. The van der Waals surface area contributed by atoms with Crippen LogP contribution in [-0.4, -0.2) is 42.5 Å². The van der Waals surface area contributed by atoms with Crippen molar-refractivity contribution in [2.45, 2.75) is 56.7 Å². The quantitative estimate of drug-likeness (QED) is 0.731. The fourth-order valence-corrected chi connectivity index (χ4v) is 2.40. The second kappa shape index (κ2) is 5.15. The van der Waals surface area contributed by atoms with Crippen LogP contribution in [-0.2, 0) is 4.79 Å². The standard InChI is InChI=1S/C12H23N3O/c1-15(8-12(16)14-10-4-5-10)11-6-2-9(13)3-7-11/h9-11H,2-8,13H2,1H3,(H,14,16). The molecule has 16 heavy (non-hydrogen) atoms. The summed E-state index contributed by atoms with van der Waals surface area (Å²) >= 11 is 0. The predicted molar refractivity (Wildman–Crippen MR) is 64.0 cm³/mol. The summed E-state index contributed by atoms with van der Waals surface area (Å²) in [7, 11) is 2.05. The van der Waals surface area contributed by atoms with Gasteiger partial charge in [-0.3, -0.25) is 9.69 Å². The van der Waals surface area contributed by atoms with Gasteiger partial charge in [0, 0.05) is 18.1 Å². The van der Waals surface area contributed by atoms with Gasteiger partial charge in [-0.05, 0) is 45.6 Å². The molecule has 0 radical (unpaired) electrons. The van der Waals surface area contributed by atoms with E-state index in [9.17, 15) is 4.79 Å². The Balaban J connectivity index is 1.69. The summed E-state index contributed by atoms with van der Waals surface area (Å²) < 4.78 is 0. The number of carbonyl (C=O) groups excluding carboxylic acids is 1. The first-order chi connectivity index (χ1) is 7.65. The molecule has 2 aliphatic rings. The third-order valence-corrected chi connectivity index (χ3v) is 3.70. The Morgan fingerprint density at radius 3 is 2.44 bits per heavy atom. The van der Waals surface area contributed by atoms with Crippen LogP contribution in [0, 0.1) is 0 Å². The van der Waals surface area contributed by atoms with Gasteiger partial charge in [-0.15, -0.1) is 0 Å². The summed E-state index contributed by atoms with van der Waals surface area (Å²) in [6.45, 7) is 0.538. The molecule has 2 aliphatic carbocycles. The fraction of sp³-hybridized carbons (Fsp3) is 0.917. The third kappa shape index (κ3) is 3.46. The number of nitrogens with one attached hydrogen (secondary N) is 1. The Bertz CT molecular complexity index is 245. The van der Waals surface area contributed by atoms with E-state index in [1.165, 1.54) is 0 Å². The topological polar surface area (TPSA) is 58.4 Å². The van der Waals surface area contributed by atoms with E-state index in [0.29, 0.717) is 24.7 Å². The Hall–Kier alpha value is -0.610. The molecular formula is C12H23N3O. The summed E-state index contributed by atoms with van der Waals surface area (Å²) in [4.78, 5) is 13.8. The summed E-state index contributed by atoms with van der Waals surface area (Å²) in [6, 6.07) is 1.40. The van der Waals surface area contributed by atoms with E-state index in [4.69, 9.17) is 5.73 Å². The first-order valence-corrected chi connectivity index (χ1v) is 6.40. The molecule has 4 heteroatoms. The number of rotatable bonds is 4. The van der Waals surface area contributed by atoms with Gasteiger partial charge in [-0.1, -0.05) is 0 Å². The number of hydrogen-bond acceptors (Lipinski definition) is 3. The number of likely N-dealkylation sites (N-methyl/N-ethyl adjacent to an activating group) is 1. The number of nitrogens with zero attached hydrogens (tertiary/aromatic N) is 1. The third-order valence-electron chi connectivity index (χ3n) is 3.70. The molecule has 0 atom stereocenters. The van der Waals surface area contributed by atoms with Crippen LogP contribution in [0.1, 0.15) is 38.5 Å². The molecule has 0 aromatic rings. The Morgan fingerprint density at radius 2 is 1.88 bits per heavy atom. The maximum Gasteiger partial charge on any atom is 0.234 e. The van der Waals surface area contributed by atoms with E-state index in [-0.39, 0.29) is 5.91 Å². The van der Waals surface area contributed by atoms with E-state index in [1.54, 1.807) is 0 Å². The molecule has 0 heterocycles. The average Bonchev–Trinajstić information content (AvgIpc) is 3.02. The van der Waals surface area contributed by atoms with Gasteiger partial charge >= 0.3 is 0 Å². The molecule has 0 aliphatic heterocycles. The van der Waals surface area contributed by atoms with Gasteiger partial charge in [0.1, 0.15) is 0 Å². The molecular weight excluding hydrogens is 202 g/mol. The highest BCUT2D eigenvalue weighted by Gasteiger charge is 2.26. The summed E-state index contributed by atoms with van der Waals surface area (Å²) in [6.07, 6.45) is 6.78. The largest absolute Gasteiger partial charge is 0.352 e. The van der Waals surface area contributed by atoms with E-state index in [1.807, 2.05) is 7.05 Å². The summed E-state index contributed by atoms with van der Waals surface area (Å²) in [5.41, 5.74) is 5.87. The second-order valence-electron chi connectivity index (χ2n) is 5.33. The maximum atomic E-state index is 11.6. The lowest BCUT2D eigenvalue weighted by atomic mass is 9.91. The van der Waals surface area contributed by atoms with Crippen LogP contribution >= 0.6 is 0 Å². The minimum atomic E-state index is 0.180. The first-order valence-electron chi connectivity index (χ1n) is 6.40. The van der Waals surface area contributed by atoms with Crippen molar-refractivity contribution >= 4 is 5.91 Å². The van der Waals surface area contributed by atoms with Crippen LogP contribution in [0.4, 0.5) is 0 Å². The molecule has 92 valence electrons. The highest BCUT2D eigenvalue weighted by atomic mass is 16.2. The number of amides is 1. The van der Waals surface area contributed by atoms with Crippen molar-refractivity contribution in [1.29, 1.82) is 0 Å². The zero-order chi connectivity index (χ0) is 11.5. The maximum absolute atomic E-state index is 11.6. The van der Waals surface area contributed by atoms with Gasteiger partial charge in [0.25, 0.3) is 0 Å². The summed E-state index contributed by atoms with van der Waals surface area (Å²) in [5.74, 6) is 0.180. The molecule has 2 saturated carbocycles. The van der Waals surface area contributed by atoms with E-state index in [0.717, 1.165) is 38.5 Å². The molecule has 2 rings (SSSR count). The normalized spacial score (nSPS) is 30.4. The van der Waals surface area contributed by atoms with Gasteiger partial charge in [-0.2, -0.15) is 0 Å². The number of nitrogens with two attached hydrogens (primary N) is 1.